The molecule has 5 aliphatic heterocycles. The van der Waals surface area contributed by atoms with Crippen molar-refractivity contribution in [2.75, 3.05) is 39.3 Å². The lowest BCUT2D eigenvalue weighted by Gasteiger charge is -2.29. The summed E-state index contributed by atoms with van der Waals surface area (Å²) in [5.74, 6) is -0.534. The van der Waals surface area contributed by atoms with E-state index in [2.05, 4.69) is 18.2 Å². The number of aryl methyl sites for hydroxylation is 1. The van der Waals surface area contributed by atoms with Crippen molar-refractivity contribution in [1.29, 1.82) is 1.28 Å². The van der Waals surface area contributed by atoms with Gasteiger partial charge in [-0.1, -0.05) is 51.5 Å². The highest BCUT2D eigenvalue weighted by Gasteiger charge is 2.42. The van der Waals surface area contributed by atoms with Gasteiger partial charge in [0.1, 0.15) is 11.5 Å². The zero-order valence-electron chi connectivity index (χ0n) is 48.3. The first kappa shape index (κ1) is 58.5. The first-order valence-corrected chi connectivity index (χ1v) is 28.0. The minimum atomic E-state index is -0.757. The number of hydrogen-bond acceptors (Lipinski definition) is 13. The largest absolute Gasteiger partial charge is 0.497 e. The predicted molar refractivity (Wildman–Crippen MR) is 319 cm³/mol. The summed E-state index contributed by atoms with van der Waals surface area (Å²) in [5.41, 5.74) is 6.43. The van der Waals surface area contributed by atoms with E-state index in [4.69, 9.17) is 30.2 Å². The van der Waals surface area contributed by atoms with Crippen LogP contribution in [0.25, 0.3) is 11.1 Å². The summed E-state index contributed by atoms with van der Waals surface area (Å²) in [7, 11) is 7.53. The van der Waals surface area contributed by atoms with Gasteiger partial charge >= 0.3 is 0 Å². The van der Waals surface area contributed by atoms with E-state index in [0.717, 1.165) is 33.6 Å². The van der Waals surface area contributed by atoms with E-state index in [9.17, 15) is 33.6 Å². The van der Waals surface area contributed by atoms with Crippen LogP contribution in [-0.2, 0) is 24.0 Å². The molecule has 5 atom stereocenters. The Bertz CT molecular complexity index is 3290. The van der Waals surface area contributed by atoms with Gasteiger partial charge in [0.05, 0.1) is 75.1 Å². The molecule has 5 aliphatic rings. The van der Waals surface area contributed by atoms with Crippen LogP contribution >= 0.6 is 9.06 Å². The highest BCUT2D eigenvalue weighted by Crippen LogP contribution is 2.43. The average molecular weight is 1130 g/mol. The first-order chi connectivity index (χ1) is 39.8. The van der Waals surface area contributed by atoms with E-state index in [1.807, 2.05) is 94.8 Å². The number of nitrogens with zero attached hydrogens (tertiary/aromatic N) is 5. The van der Waals surface area contributed by atoms with Crippen LogP contribution in [0.5, 0.6) is 23.0 Å². The van der Waals surface area contributed by atoms with Crippen LogP contribution in [0, 0.1) is 18.8 Å². The summed E-state index contributed by atoms with van der Waals surface area (Å²) in [5, 5.41) is 5.75. The number of carbonyl (C=O) groups is 7. The van der Waals surface area contributed by atoms with Crippen molar-refractivity contribution in [2.45, 2.75) is 104 Å². The third-order valence-electron chi connectivity index (χ3n) is 15.1. The van der Waals surface area contributed by atoms with E-state index in [1.54, 1.807) is 54.3 Å². The third-order valence-corrected chi connectivity index (χ3v) is 15.1. The molecule has 0 saturated carbocycles. The highest BCUT2D eigenvalue weighted by atomic mass is 31.0. The zero-order valence-corrected chi connectivity index (χ0v) is 48.3. The van der Waals surface area contributed by atoms with Crippen molar-refractivity contribution >= 4 is 98.5 Å². The van der Waals surface area contributed by atoms with Gasteiger partial charge in [0.25, 0.3) is 23.6 Å². The van der Waals surface area contributed by atoms with Gasteiger partial charge in [-0.25, -0.2) is 0 Å². The van der Waals surface area contributed by atoms with E-state index in [-0.39, 0.29) is 81.7 Å². The number of fused-ring (bicyclic) bond motifs is 4. The van der Waals surface area contributed by atoms with Gasteiger partial charge < -0.3 is 39.4 Å². The van der Waals surface area contributed by atoms with Crippen LogP contribution in [-0.4, -0.2) is 129 Å². The number of aliphatic imine (C=N–C) groups is 2. The molecule has 0 aromatic heterocycles. The number of ether oxygens (including phenoxy) is 4. The van der Waals surface area contributed by atoms with E-state index < -0.39 is 17.5 Å². The number of unbranched alkanes of at least 4 members (excludes halogenated alkanes) is 2. The molecule has 6 amide bonds. The molecule has 18 nitrogen and oxygen atoms in total. The van der Waals surface area contributed by atoms with Crippen LogP contribution in [0.4, 0.5) is 17.1 Å². The molecule has 0 aliphatic carbocycles. The van der Waals surface area contributed by atoms with Gasteiger partial charge in [-0.2, -0.15) is 9.06 Å². The van der Waals surface area contributed by atoms with Crippen molar-refractivity contribution in [1.82, 2.24) is 20.0 Å². The number of amides is 6. The number of rotatable bonds is 23. The second-order valence-corrected chi connectivity index (χ2v) is 21.4. The number of Topliss-reactive ketones (excluding diaryl/α,β-unsaturated/α-hetero) is 1. The minimum absolute atomic E-state index is 0.0654. The normalized spacial score (nSPS) is 18.6. The Morgan fingerprint density at radius 2 is 1.44 bits per heavy atom. The maximum absolute atomic E-state index is 14.1. The molecular formula is C62H69BN7O11P. The van der Waals surface area contributed by atoms with Gasteiger partial charge in [-0.3, -0.25) is 48.4 Å². The Kier molecular flexibility index (Phi) is 19.0. The fourth-order valence-electron chi connectivity index (χ4n) is 10.4. The smallest absolute Gasteiger partial charge is 0.260 e. The summed E-state index contributed by atoms with van der Waals surface area (Å²) in [6.07, 6.45) is 13.4. The van der Waals surface area contributed by atoms with Crippen molar-refractivity contribution in [3.8, 4) is 23.0 Å². The molecule has 9 rings (SSSR count). The Morgan fingerprint density at radius 3 is 2.12 bits per heavy atom. The van der Waals surface area contributed by atoms with Crippen LogP contribution in [0.3, 0.4) is 0 Å². The number of benzene rings is 4. The Balaban J connectivity index is 0.00000294. The van der Waals surface area contributed by atoms with E-state index in [1.165, 1.54) is 24.2 Å². The molecule has 2 N–H and O–H groups in total. The van der Waals surface area contributed by atoms with Crippen LogP contribution < -0.4 is 29.6 Å². The van der Waals surface area contributed by atoms with Gasteiger partial charge in [-0.05, 0) is 96.8 Å². The molecule has 4 aromatic carbocycles. The SMILES string of the molecule is COc1ccc(C2=CN3C(=O)c4cc(C)c(OCCCOc5cc6c(cc5OC)C(=O)N5C=C(c7ccc(NC(=O)[C@H](C)CC(=O)[C@@H](NC(=O)CCCCCN8C(=O)C=CC8=O)C(C)C)cc7)C[C@H]5C=N6)cc4N=C[C@]3(C)C2)cc1.[2H]P[B]. The quantitative estimate of drug-likeness (QED) is 0.0309. The summed E-state index contributed by atoms with van der Waals surface area (Å²) in [6, 6.07) is 21.0. The van der Waals surface area contributed by atoms with Crippen LogP contribution in [0.15, 0.2) is 107 Å². The summed E-state index contributed by atoms with van der Waals surface area (Å²) < 4.78 is 29.4. The number of nitrogens with one attached hydrogen (secondary N) is 2. The number of anilines is 1. The number of carbonyl (C=O) groups excluding carboxylic acids is 7. The van der Waals surface area contributed by atoms with Crippen LogP contribution in [0.1, 0.15) is 116 Å². The fourth-order valence-corrected chi connectivity index (χ4v) is 10.4. The minimum Gasteiger partial charge on any atom is -0.497 e. The summed E-state index contributed by atoms with van der Waals surface area (Å²) >= 11 is 0. The lowest BCUT2D eigenvalue weighted by Crippen LogP contribution is -2.45. The molecule has 20 heteroatoms. The maximum Gasteiger partial charge on any atom is 0.260 e. The average Bonchev–Trinajstić information content (AvgIpc) is 2.78. The molecule has 82 heavy (non-hydrogen) atoms. The second kappa shape index (κ2) is 26.6. The van der Waals surface area contributed by atoms with Crippen molar-refractivity contribution in [3.63, 3.8) is 0 Å². The van der Waals surface area contributed by atoms with E-state index in [0.29, 0.717) is 97.1 Å². The molecule has 0 fully saturated rings. The number of ketones is 1. The first-order valence-electron chi connectivity index (χ1n) is 27.9. The molecule has 5 heterocycles. The predicted octanol–water partition coefficient (Wildman–Crippen LogP) is 9.30. The Labute approximate surface area is 483 Å². The molecule has 1 unspecified atom stereocenters. The number of imide groups is 1. The number of hydrogen-bond donors (Lipinski definition) is 2. The van der Waals surface area contributed by atoms with Crippen molar-refractivity contribution in [3.05, 3.63) is 125 Å². The van der Waals surface area contributed by atoms with Gasteiger partial charge in [-0.15, -0.1) is 0 Å². The summed E-state index contributed by atoms with van der Waals surface area (Å²) in [6.45, 7) is 10.2. The van der Waals surface area contributed by atoms with Gasteiger partial charge in [0.2, 0.25) is 11.8 Å². The summed E-state index contributed by atoms with van der Waals surface area (Å²) in [4.78, 5) is 105. The highest BCUT2D eigenvalue weighted by molar-refractivity contribution is 7.49. The fraction of sp³-hybridized carbons (Fsp3) is 0.371. The number of methoxy groups -OCH3 is 2. The molecule has 426 valence electrons. The third kappa shape index (κ3) is 13.6. The standard InChI is InChI=1S/C62H67N7O11.BH2P/c1-37(2)58(66-55(71)12-9-8-10-23-67-56(72)21-22-57(67)73)51(70)27-39(4)59(74)65-44-17-13-40(14-18-44)42-28-45-33-63-49-31-54(53(78-7)29-48(49)60(75)68(45)34-42)80-25-11-24-79-52-30-50-47(26-38(52)3)61(76)69-35-43(32-62(69,5)36-64-50)41-15-19-46(77-6)20-16-41;1-2/h13-22,26,29-31,33-37,39,45,58H,8-12,23-25,27-28,32H2,1-7H3,(H,65,74)(H,66,71);2H2/t39-,45+,58+,62+;/m1./s1/i;2D. The van der Waals surface area contributed by atoms with Crippen molar-refractivity contribution in [2.24, 2.45) is 21.8 Å². The van der Waals surface area contributed by atoms with E-state index >= 15 is 0 Å². The lowest BCUT2D eigenvalue weighted by molar-refractivity contribution is -0.137. The topological polar surface area (TPSA) is 215 Å². The molecule has 2 radical (unpaired) electrons. The maximum atomic E-state index is 14.1. The van der Waals surface area contributed by atoms with Crippen molar-refractivity contribution < 1.29 is 52.5 Å². The molecular weight excluding hydrogens is 1060 g/mol. The Hall–Kier alpha value is -8.18. The van der Waals surface area contributed by atoms with Gasteiger partial charge in [0, 0.05) is 101 Å². The molecule has 0 saturated heterocycles. The second-order valence-electron chi connectivity index (χ2n) is 21.4. The molecule has 0 bridgehead atoms. The van der Waals surface area contributed by atoms with Gasteiger partial charge in [0.15, 0.2) is 17.3 Å². The zero-order chi connectivity index (χ0) is 59.5. The lowest BCUT2D eigenvalue weighted by atomic mass is 9.92. The Morgan fingerprint density at radius 1 is 0.793 bits per heavy atom. The van der Waals surface area contributed by atoms with Crippen LogP contribution in [0.2, 0.25) is 0 Å². The monoisotopic (exact) mass is 1130 g/mol. The molecule has 0 spiro atoms. The molecule has 4 aromatic rings.